The third-order valence-electron chi connectivity index (χ3n) is 2.49. The summed E-state index contributed by atoms with van der Waals surface area (Å²) in [5.74, 6) is 2.61. The van der Waals surface area contributed by atoms with Gasteiger partial charge in [0.25, 0.3) is 0 Å². The molecule has 82 valence electrons. The Hall–Kier alpha value is -2.61. The van der Waals surface area contributed by atoms with E-state index in [0.29, 0.717) is 6.54 Å². The van der Waals surface area contributed by atoms with Gasteiger partial charge in [-0.15, -0.1) is 6.42 Å². The van der Waals surface area contributed by atoms with E-state index < -0.39 is 0 Å². The molecule has 0 radical (unpaired) electrons. The van der Waals surface area contributed by atoms with Gasteiger partial charge in [-0.25, -0.2) is 4.52 Å². The molecule has 0 N–H and O–H groups in total. The van der Waals surface area contributed by atoms with Crippen LogP contribution in [0.3, 0.4) is 0 Å². The lowest BCUT2D eigenvalue weighted by atomic mass is 10.3. The summed E-state index contributed by atoms with van der Waals surface area (Å²) < 4.78 is 3.73. The van der Waals surface area contributed by atoms with E-state index in [1.807, 2.05) is 23.0 Å². The molecule has 3 rings (SSSR count). The average Bonchev–Trinajstić information content (AvgIpc) is 2.93. The Morgan fingerprint density at radius 1 is 1.24 bits per heavy atom. The van der Waals surface area contributed by atoms with Crippen molar-refractivity contribution in [3.8, 4) is 23.7 Å². The molecule has 0 aliphatic heterocycles. The van der Waals surface area contributed by atoms with Crippen molar-refractivity contribution in [3.05, 3.63) is 37.1 Å². The summed E-state index contributed by atoms with van der Waals surface area (Å²) in [7, 11) is 0. The molecule has 0 fully saturated rings. The maximum atomic E-state index is 5.31. The Bertz CT molecular complexity index is 687. The lowest BCUT2D eigenvalue weighted by Gasteiger charge is -1.94. The topological polar surface area (TPSA) is 48.0 Å². The summed E-state index contributed by atoms with van der Waals surface area (Å²) in [5.41, 5.74) is 2.49. The maximum absolute atomic E-state index is 5.31. The van der Waals surface area contributed by atoms with Gasteiger partial charge in [0.1, 0.15) is 17.0 Å². The van der Waals surface area contributed by atoms with Crippen molar-refractivity contribution in [2.75, 3.05) is 0 Å². The van der Waals surface area contributed by atoms with Crippen LogP contribution in [0.25, 0.3) is 17.0 Å². The zero-order valence-electron chi connectivity index (χ0n) is 8.98. The molecular weight excluding hydrogens is 214 g/mol. The number of fused-ring (bicyclic) bond motifs is 1. The normalized spacial score (nSPS) is 10.5. The number of hydrogen-bond donors (Lipinski definition) is 0. The van der Waals surface area contributed by atoms with Crippen LogP contribution in [-0.4, -0.2) is 24.1 Å². The predicted molar refractivity (Wildman–Crippen MR) is 63.0 cm³/mol. The maximum Gasteiger partial charge on any atom is 0.137 e. The first-order chi connectivity index (χ1) is 8.38. The Morgan fingerprint density at radius 2 is 2.18 bits per heavy atom. The van der Waals surface area contributed by atoms with Crippen molar-refractivity contribution >= 4 is 5.65 Å². The summed E-state index contributed by atoms with van der Waals surface area (Å²) in [6.45, 7) is 0.530. The molecule has 5 nitrogen and oxygen atoms in total. The molecule has 0 bridgehead atoms. The van der Waals surface area contributed by atoms with E-state index in [1.165, 1.54) is 0 Å². The number of aromatic nitrogens is 5. The van der Waals surface area contributed by atoms with Crippen molar-refractivity contribution in [3.63, 3.8) is 0 Å². The van der Waals surface area contributed by atoms with Crippen LogP contribution in [0.15, 0.2) is 37.1 Å². The van der Waals surface area contributed by atoms with E-state index in [9.17, 15) is 0 Å². The minimum Gasteiger partial charge on any atom is -0.320 e. The molecule has 0 aliphatic rings. The number of nitrogens with zero attached hydrogens (tertiary/aromatic N) is 5. The van der Waals surface area contributed by atoms with Crippen molar-refractivity contribution in [1.29, 1.82) is 0 Å². The van der Waals surface area contributed by atoms with E-state index in [1.54, 1.807) is 23.1 Å². The minimum atomic E-state index is 0.530. The molecule has 0 saturated carbocycles. The summed E-state index contributed by atoms with van der Waals surface area (Å²) in [5, 5.41) is 4.41. The van der Waals surface area contributed by atoms with Crippen LogP contribution in [-0.2, 0) is 6.54 Å². The standard InChI is InChI=1S/C12H9N5/c1-2-5-16-6-7-17-12(16)8-10(15-17)11-9-13-3-4-14-11/h1,3-4,6-9H,5H2. The molecule has 0 unspecified atom stereocenters. The molecule has 3 aromatic rings. The molecule has 0 aromatic carbocycles. The smallest absolute Gasteiger partial charge is 0.137 e. The average molecular weight is 223 g/mol. The Kier molecular flexibility index (Phi) is 2.12. The van der Waals surface area contributed by atoms with Gasteiger partial charge < -0.3 is 4.57 Å². The second-order valence-electron chi connectivity index (χ2n) is 3.55. The molecule has 0 aliphatic carbocycles. The van der Waals surface area contributed by atoms with Gasteiger partial charge in [-0.2, -0.15) is 5.10 Å². The van der Waals surface area contributed by atoms with E-state index in [0.717, 1.165) is 17.0 Å². The van der Waals surface area contributed by atoms with Crippen LogP contribution in [0.5, 0.6) is 0 Å². The molecule has 0 spiro atoms. The highest BCUT2D eigenvalue weighted by Crippen LogP contribution is 2.16. The predicted octanol–water partition coefficient (Wildman–Crippen LogP) is 1.23. The molecule has 3 heterocycles. The van der Waals surface area contributed by atoms with E-state index in [2.05, 4.69) is 21.0 Å². The third-order valence-corrected chi connectivity index (χ3v) is 2.49. The third kappa shape index (κ3) is 1.56. The van der Waals surface area contributed by atoms with Gasteiger partial charge in [0.15, 0.2) is 0 Å². The van der Waals surface area contributed by atoms with Crippen LogP contribution in [0.4, 0.5) is 0 Å². The zero-order chi connectivity index (χ0) is 11.7. The number of hydrogen-bond acceptors (Lipinski definition) is 3. The highest BCUT2D eigenvalue weighted by atomic mass is 15.3. The molecule has 0 amide bonds. The van der Waals surface area contributed by atoms with Gasteiger partial charge in [0.2, 0.25) is 0 Å². The largest absolute Gasteiger partial charge is 0.320 e. The molecule has 5 heteroatoms. The van der Waals surface area contributed by atoms with Crippen LogP contribution in [0.1, 0.15) is 0 Å². The second-order valence-corrected chi connectivity index (χ2v) is 3.55. The van der Waals surface area contributed by atoms with Crippen LogP contribution < -0.4 is 0 Å². The monoisotopic (exact) mass is 223 g/mol. The minimum absolute atomic E-state index is 0.530. The van der Waals surface area contributed by atoms with E-state index >= 15 is 0 Å². The van der Waals surface area contributed by atoms with Crippen LogP contribution in [0, 0.1) is 12.3 Å². The van der Waals surface area contributed by atoms with Gasteiger partial charge >= 0.3 is 0 Å². The summed E-state index contributed by atoms with van der Waals surface area (Å²) in [6.07, 6.45) is 14.1. The van der Waals surface area contributed by atoms with Crippen molar-refractivity contribution in [2.45, 2.75) is 6.54 Å². The van der Waals surface area contributed by atoms with Gasteiger partial charge in [-0.3, -0.25) is 9.97 Å². The second kappa shape index (κ2) is 3.76. The highest BCUT2D eigenvalue weighted by Gasteiger charge is 2.08. The molecule has 17 heavy (non-hydrogen) atoms. The Morgan fingerprint density at radius 3 is 2.94 bits per heavy atom. The van der Waals surface area contributed by atoms with Gasteiger partial charge in [-0.05, 0) is 0 Å². The molecular formula is C12H9N5. The van der Waals surface area contributed by atoms with Crippen molar-refractivity contribution < 1.29 is 0 Å². The Labute approximate surface area is 97.7 Å². The highest BCUT2D eigenvalue weighted by molar-refractivity contribution is 5.60. The van der Waals surface area contributed by atoms with Crippen LogP contribution in [0.2, 0.25) is 0 Å². The summed E-state index contributed by atoms with van der Waals surface area (Å²) in [6, 6.07) is 1.95. The molecule has 0 saturated heterocycles. The van der Waals surface area contributed by atoms with Crippen molar-refractivity contribution in [2.24, 2.45) is 0 Å². The fourth-order valence-electron chi connectivity index (χ4n) is 1.72. The molecule has 0 atom stereocenters. The molecule has 3 aromatic heterocycles. The lowest BCUT2D eigenvalue weighted by molar-refractivity contribution is 0.869. The van der Waals surface area contributed by atoms with E-state index in [-0.39, 0.29) is 0 Å². The first-order valence-corrected chi connectivity index (χ1v) is 5.13. The van der Waals surface area contributed by atoms with Crippen LogP contribution >= 0.6 is 0 Å². The summed E-state index contributed by atoms with van der Waals surface area (Å²) in [4.78, 5) is 8.24. The quantitative estimate of drug-likeness (QED) is 0.614. The number of rotatable bonds is 2. The van der Waals surface area contributed by atoms with Crippen molar-refractivity contribution in [1.82, 2.24) is 24.1 Å². The lowest BCUT2D eigenvalue weighted by Crippen LogP contribution is -1.92. The van der Waals surface area contributed by atoms with E-state index in [4.69, 9.17) is 6.42 Å². The SMILES string of the molecule is C#CCn1ccn2nc(-c3cnccn3)cc12. The van der Waals surface area contributed by atoms with Gasteiger partial charge in [0.05, 0.1) is 12.7 Å². The Balaban J connectivity index is 2.12. The first-order valence-electron chi connectivity index (χ1n) is 5.13. The number of imidazole rings is 1. The zero-order valence-corrected chi connectivity index (χ0v) is 8.98. The van der Waals surface area contributed by atoms with Gasteiger partial charge in [0, 0.05) is 30.9 Å². The van der Waals surface area contributed by atoms with Gasteiger partial charge in [-0.1, -0.05) is 5.92 Å². The summed E-state index contributed by atoms with van der Waals surface area (Å²) >= 11 is 0. The number of terminal acetylenes is 1. The fraction of sp³-hybridized carbons (Fsp3) is 0.0833. The fourth-order valence-corrected chi connectivity index (χ4v) is 1.72. The first kappa shape index (κ1) is 9.60.